The van der Waals surface area contributed by atoms with Gasteiger partial charge in [-0.25, -0.2) is 13.2 Å². The molecule has 0 bridgehead atoms. The summed E-state index contributed by atoms with van der Waals surface area (Å²) in [7, 11) is -3.44. The summed E-state index contributed by atoms with van der Waals surface area (Å²) in [6, 6.07) is 5.35. The van der Waals surface area contributed by atoms with Gasteiger partial charge < -0.3 is 9.64 Å². The first-order valence-corrected chi connectivity index (χ1v) is 9.15. The highest BCUT2D eigenvalue weighted by Crippen LogP contribution is 2.30. The Bertz CT molecular complexity index is 736. The van der Waals surface area contributed by atoms with Crippen molar-refractivity contribution in [3.8, 4) is 0 Å². The van der Waals surface area contributed by atoms with E-state index in [1.54, 1.807) is 20.8 Å². The number of rotatable bonds is 2. The third kappa shape index (κ3) is 4.22. The predicted molar refractivity (Wildman–Crippen MR) is 87.4 cm³/mol. The molecule has 1 amide bonds. The molecule has 0 N–H and O–H groups in total. The van der Waals surface area contributed by atoms with Crippen molar-refractivity contribution in [2.75, 3.05) is 18.8 Å². The van der Waals surface area contributed by atoms with Gasteiger partial charge in [-0.3, -0.25) is 10.1 Å². The standard InChI is InChI=1S/C15H20N2O6S/c1-15(2,3)23-14(18)16-8-9-24(21,22)13(10-16)11-4-6-12(7-5-11)17(19)20/h4-7,13H,8-10H2,1-3H3. The molecule has 0 radical (unpaired) electrons. The summed E-state index contributed by atoms with van der Waals surface area (Å²) in [5.74, 6) is -0.173. The highest BCUT2D eigenvalue weighted by atomic mass is 32.2. The zero-order valence-electron chi connectivity index (χ0n) is 13.8. The highest BCUT2D eigenvalue weighted by Gasteiger charge is 2.37. The molecule has 24 heavy (non-hydrogen) atoms. The number of carbonyl (C=O) groups is 1. The van der Waals surface area contributed by atoms with E-state index in [1.807, 2.05) is 0 Å². The zero-order valence-corrected chi connectivity index (χ0v) is 14.6. The van der Waals surface area contributed by atoms with E-state index in [4.69, 9.17) is 4.74 Å². The Morgan fingerprint density at radius 1 is 1.29 bits per heavy atom. The lowest BCUT2D eigenvalue weighted by atomic mass is 10.1. The Balaban J connectivity index is 2.23. The maximum Gasteiger partial charge on any atom is 0.410 e. The second-order valence-electron chi connectivity index (χ2n) is 6.63. The molecule has 1 aromatic rings. The first-order chi connectivity index (χ1) is 11.0. The average molecular weight is 356 g/mol. The maximum atomic E-state index is 12.3. The van der Waals surface area contributed by atoms with Crippen molar-refractivity contribution in [1.29, 1.82) is 0 Å². The van der Waals surface area contributed by atoms with Crippen LogP contribution in [0.5, 0.6) is 0 Å². The number of hydrogen-bond donors (Lipinski definition) is 0. The number of sulfone groups is 1. The fourth-order valence-electron chi connectivity index (χ4n) is 2.40. The molecule has 132 valence electrons. The van der Waals surface area contributed by atoms with Gasteiger partial charge in [0.15, 0.2) is 9.84 Å². The van der Waals surface area contributed by atoms with Crippen molar-refractivity contribution in [2.45, 2.75) is 31.6 Å². The topological polar surface area (TPSA) is 107 Å². The van der Waals surface area contributed by atoms with Gasteiger partial charge in [-0.15, -0.1) is 0 Å². The summed E-state index contributed by atoms with van der Waals surface area (Å²) >= 11 is 0. The van der Waals surface area contributed by atoms with Gasteiger partial charge in [0.2, 0.25) is 0 Å². The van der Waals surface area contributed by atoms with Crippen LogP contribution in [0.3, 0.4) is 0 Å². The first kappa shape index (κ1) is 18.2. The summed E-state index contributed by atoms with van der Waals surface area (Å²) in [5, 5.41) is 9.79. The third-order valence-electron chi connectivity index (χ3n) is 3.59. The van der Waals surface area contributed by atoms with Crippen LogP contribution in [0.4, 0.5) is 10.5 Å². The Hall–Kier alpha value is -2.16. The molecule has 9 heteroatoms. The number of amides is 1. The molecule has 0 aromatic heterocycles. The fraction of sp³-hybridized carbons (Fsp3) is 0.533. The number of nitro groups is 1. The molecular weight excluding hydrogens is 336 g/mol. The molecule has 1 aliphatic rings. The fourth-order valence-corrected chi connectivity index (χ4v) is 4.14. The number of non-ortho nitro benzene ring substituents is 1. The molecule has 1 unspecified atom stereocenters. The minimum Gasteiger partial charge on any atom is -0.444 e. The minimum absolute atomic E-state index is 0.0327. The van der Waals surface area contributed by atoms with Crippen molar-refractivity contribution >= 4 is 21.6 Å². The summed E-state index contributed by atoms with van der Waals surface area (Å²) in [6.45, 7) is 5.24. The van der Waals surface area contributed by atoms with E-state index in [0.29, 0.717) is 5.56 Å². The van der Waals surface area contributed by atoms with Crippen LogP contribution in [-0.2, 0) is 14.6 Å². The largest absolute Gasteiger partial charge is 0.444 e. The molecule has 1 aromatic carbocycles. The molecular formula is C15H20N2O6S. The summed E-state index contributed by atoms with van der Waals surface area (Å²) in [6.07, 6.45) is -0.565. The lowest BCUT2D eigenvalue weighted by Gasteiger charge is -2.34. The van der Waals surface area contributed by atoms with Crippen molar-refractivity contribution < 1.29 is 22.9 Å². The number of nitro benzene ring substituents is 1. The van der Waals surface area contributed by atoms with Crippen LogP contribution >= 0.6 is 0 Å². The van der Waals surface area contributed by atoms with Crippen LogP contribution < -0.4 is 0 Å². The SMILES string of the molecule is CC(C)(C)OC(=O)N1CCS(=O)(=O)C(c2ccc([N+](=O)[O-])cc2)C1. The number of benzene rings is 1. The van der Waals surface area contributed by atoms with E-state index < -0.39 is 31.7 Å². The monoisotopic (exact) mass is 356 g/mol. The van der Waals surface area contributed by atoms with E-state index in [-0.39, 0.29) is 24.5 Å². The van der Waals surface area contributed by atoms with Gasteiger partial charge in [0.05, 0.1) is 10.7 Å². The molecule has 8 nitrogen and oxygen atoms in total. The number of hydrogen-bond acceptors (Lipinski definition) is 6. The molecule has 0 aliphatic carbocycles. The number of ether oxygens (including phenoxy) is 1. The molecule has 0 spiro atoms. The second kappa shape index (κ2) is 6.39. The predicted octanol–water partition coefficient (Wildman–Crippen LogP) is 2.30. The molecule has 2 rings (SSSR count). The summed E-state index contributed by atoms with van der Waals surface area (Å²) in [5.41, 5.74) is -0.360. The van der Waals surface area contributed by atoms with Crippen LogP contribution in [0.15, 0.2) is 24.3 Å². The van der Waals surface area contributed by atoms with Gasteiger partial charge in [-0.2, -0.15) is 0 Å². The van der Waals surface area contributed by atoms with Crippen molar-refractivity contribution in [3.05, 3.63) is 39.9 Å². The molecule has 1 aliphatic heterocycles. The Morgan fingerprint density at radius 3 is 2.38 bits per heavy atom. The van der Waals surface area contributed by atoms with Crippen molar-refractivity contribution in [1.82, 2.24) is 4.90 Å². The molecule has 1 atom stereocenters. The van der Waals surface area contributed by atoms with Gasteiger partial charge in [0.1, 0.15) is 10.9 Å². The number of carbonyl (C=O) groups excluding carboxylic acids is 1. The highest BCUT2D eigenvalue weighted by molar-refractivity contribution is 7.91. The minimum atomic E-state index is -3.44. The maximum absolute atomic E-state index is 12.3. The van der Waals surface area contributed by atoms with E-state index >= 15 is 0 Å². The molecule has 1 heterocycles. The van der Waals surface area contributed by atoms with Crippen LogP contribution in [0, 0.1) is 10.1 Å². The lowest BCUT2D eigenvalue weighted by Crippen LogP contribution is -2.47. The van der Waals surface area contributed by atoms with Gasteiger partial charge >= 0.3 is 6.09 Å². The lowest BCUT2D eigenvalue weighted by molar-refractivity contribution is -0.384. The Morgan fingerprint density at radius 2 is 1.88 bits per heavy atom. The Labute approximate surface area is 140 Å². The third-order valence-corrected chi connectivity index (χ3v) is 5.63. The zero-order chi connectivity index (χ0) is 18.1. The smallest absolute Gasteiger partial charge is 0.410 e. The van der Waals surface area contributed by atoms with Crippen molar-refractivity contribution in [2.24, 2.45) is 0 Å². The number of nitrogens with zero attached hydrogens (tertiary/aromatic N) is 2. The van der Waals surface area contributed by atoms with Crippen LogP contribution in [-0.4, -0.2) is 48.8 Å². The van der Waals surface area contributed by atoms with E-state index in [1.165, 1.54) is 29.2 Å². The quantitative estimate of drug-likeness (QED) is 0.594. The van der Waals surface area contributed by atoms with E-state index in [9.17, 15) is 23.3 Å². The van der Waals surface area contributed by atoms with E-state index in [2.05, 4.69) is 0 Å². The van der Waals surface area contributed by atoms with Crippen LogP contribution in [0.25, 0.3) is 0 Å². The van der Waals surface area contributed by atoms with Gasteiger partial charge in [0.25, 0.3) is 5.69 Å². The van der Waals surface area contributed by atoms with Crippen molar-refractivity contribution in [3.63, 3.8) is 0 Å². The first-order valence-electron chi connectivity index (χ1n) is 7.43. The van der Waals surface area contributed by atoms with Gasteiger partial charge in [-0.1, -0.05) is 12.1 Å². The molecule has 1 fully saturated rings. The van der Waals surface area contributed by atoms with Gasteiger partial charge in [-0.05, 0) is 26.3 Å². The van der Waals surface area contributed by atoms with Crippen LogP contribution in [0.1, 0.15) is 31.6 Å². The normalized spacial score (nSPS) is 20.5. The second-order valence-corrected chi connectivity index (χ2v) is 8.93. The van der Waals surface area contributed by atoms with Gasteiger partial charge in [0, 0.05) is 25.2 Å². The summed E-state index contributed by atoms with van der Waals surface area (Å²) in [4.78, 5) is 23.7. The molecule has 0 saturated carbocycles. The average Bonchev–Trinajstić information content (AvgIpc) is 2.45. The van der Waals surface area contributed by atoms with Crippen LogP contribution in [0.2, 0.25) is 0 Å². The Kier molecular flexibility index (Phi) is 4.84. The van der Waals surface area contributed by atoms with E-state index in [0.717, 1.165) is 0 Å². The summed E-state index contributed by atoms with van der Waals surface area (Å²) < 4.78 is 30.0. The molecule has 1 saturated heterocycles.